The molecule has 180 valence electrons. The largest absolute Gasteiger partial charge is 0.465 e. The average Bonchev–Trinajstić information content (AvgIpc) is 3.45. The highest BCUT2D eigenvalue weighted by molar-refractivity contribution is 5.90. The van der Waals surface area contributed by atoms with Crippen molar-refractivity contribution in [2.45, 2.75) is 25.7 Å². The van der Waals surface area contributed by atoms with Crippen LogP contribution in [0, 0.1) is 0 Å². The average molecular weight is 478 g/mol. The number of esters is 1. The van der Waals surface area contributed by atoms with E-state index in [1.54, 1.807) is 46.4 Å². The molecule has 10 nitrogen and oxygen atoms in total. The minimum absolute atomic E-state index is 0.142. The third-order valence-electron chi connectivity index (χ3n) is 5.31. The molecule has 0 aliphatic carbocycles. The normalized spacial score (nSPS) is 15.6. The number of nitrogens with zero attached hydrogens (tertiary/aromatic N) is 4. The third kappa shape index (κ3) is 4.97. The number of methoxy groups -OCH3 is 1. The number of hydrogen-bond acceptors (Lipinski definition) is 7. The van der Waals surface area contributed by atoms with Crippen molar-refractivity contribution in [1.82, 2.24) is 20.3 Å². The van der Waals surface area contributed by atoms with Gasteiger partial charge < -0.3 is 19.5 Å². The number of rotatable bonds is 5. The maximum atomic E-state index is 12.3. The summed E-state index contributed by atoms with van der Waals surface area (Å²) in [6.07, 6.45) is -4.50. The molecule has 1 atom stereocenters. The first-order valence-corrected chi connectivity index (χ1v) is 10.3. The van der Waals surface area contributed by atoms with Crippen LogP contribution in [0.15, 0.2) is 40.9 Å². The summed E-state index contributed by atoms with van der Waals surface area (Å²) < 4.78 is 48.8. The quantitative estimate of drug-likeness (QED) is 0.539. The summed E-state index contributed by atoms with van der Waals surface area (Å²) in [6.45, 7) is 1.47. The molecule has 0 saturated carbocycles. The Morgan fingerprint density at radius 1 is 1.24 bits per heavy atom. The molecule has 1 aliphatic rings. The van der Waals surface area contributed by atoms with Crippen molar-refractivity contribution in [2.24, 2.45) is 0 Å². The van der Waals surface area contributed by atoms with Gasteiger partial charge in [-0.3, -0.25) is 10.00 Å². The summed E-state index contributed by atoms with van der Waals surface area (Å²) in [6, 6.07) is 8.93. The first kappa shape index (κ1) is 23.1. The van der Waals surface area contributed by atoms with Gasteiger partial charge in [0.15, 0.2) is 17.4 Å². The van der Waals surface area contributed by atoms with Crippen molar-refractivity contribution in [3.63, 3.8) is 0 Å². The summed E-state index contributed by atoms with van der Waals surface area (Å²) in [5.74, 6) is 0.714. The van der Waals surface area contributed by atoms with Crippen molar-refractivity contribution in [3.05, 3.63) is 47.7 Å². The van der Waals surface area contributed by atoms with Crippen LogP contribution >= 0.6 is 0 Å². The van der Waals surface area contributed by atoms with Gasteiger partial charge in [0.25, 0.3) is 0 Å². The van der Waals surface area contributed by atoms with E-state index in [4.69, 9.17) is 9.26 Å². The summed E-state index contributed by atoms with van der Waals surface area (Å²) >= 11 is 0. The lowest BCUT2D eigenvalue weighted by Crippen LogP contribution is -2.37. The van der Waals surface area contributed by atoms with E-state index in [2.05, 4.69) is 15.6 Å². The number of anilines is 2. The van der Waals surface area contributed by atoms with E-state index in [1.165, 1.54) is 7.11 Å². The minimum Gasteiger partial charge on any atom is -0.465 e. The van der Waals surface area contributed by atoms with E-state index in [1.807, 2.05) is 11.8 Å². The van der Waals surface area contributed by atoms with E-state index >= 15 is 0 Å². The SMILES string of the molecule is COC(=O)c1cccc(-c2cc(N3CCn4nc(NC(=O)NCC(F)(F)F)cc4C3C)no2)c1. The Hall–Kier alpha value is -4.03. The number of hydrogen-bond donors (Lipinski definition) is 2. The Morgan fingerprint density at radius 2 is 2.03 bits per heavy atom. The number of amides is 2. The molecule has 0 fully saturated rings. The van der Waals surface area contributed by atoms with E-state index in [0.717, 1.165) is 5.69 Å². The fourth-order valence-corrected chi connectivity index (χ4v) is 3.67. The van der Waals surface area contributed by atoms with Crippen molar-refractivity contribution >= 4 is 23.6 Å². The molecule has 0 saturated heterocycles. The Balaban J connectivity index is 1.47. The van der Waals surface area contributed by atoms with Crippen LogP contribution < -0.4 is 15.5 Å². The Labute approximate surface area is 191 Å². The molecule has 0 radical (unpaired) electrons. The lowest BCUT2D eigenvalue weighted by atomic mass is 10.1. The predicted molar refractivity (Wildman–Crippen MR) is 114 cm³/mol. The number of halogens is 3. The van der Waals surface area contributed by atoms with Crippen LogP contribution in [0.5, 0.6) is 0 Å². The summed E-state index contributed by atoms with van der Waals surface area (Å²) in [4.78, 5) is 25.5. The zero-order valence-electron chi connectivity index (χ0n) is 18.2. The lowest BCUT2D eigenvalue weighted by Gasteiger charge is -2.33. The smallest absolute Gasteiger partial charge is 0.405 e. The Bertz CT molecular complexity index is 1210. The van der Waals surface area contributed by atoms with Crippen molar-refractivity contribution in [3.8, 4) is 11.3 Å². The highest BCUT2D eigenvalue weighted by Gasteiger charge is 2.30. The van der Waals surface area contributed by atoms with E-state index in [-0.39, 0.29) is 11.9 Å². The maximum Gasteiger partial charge on any atom is 0.405 e. The van der Waals surface area contributed by atoms with Gasteiger partial charge in [-0.2, -0.15) is 18.3 Å². The number of carbonyl (C=O) groups excluding carboxylic acids is 2. The molecule has 4 rings (SSSR count). The molecule has 0 bridgehead atoms. The molecule has 3 aromatic rings. The van der Waals surface area contributed by atoms with Crippen LogP contribution in [0.4, 0.5) is 29.6 Å². The standard InChI is InChI=1S/C21H21F3N6O4/c1-12-15-9-17(26-20(32)25-11-21(22,23)24)27-30(15)7-6-29(12)18-10-16(34-28-18)13-4-3-5-14(8-13)19(31)33-2/h3-5,8-10,12H,6-7,11H2,1-2H3,(H2,25,26,27,32). The van der Waals surface area contributed by atoms with Gasteiger partial charge in [0.05, 0.1) is 31.0 Å². The van der Waals surface area contributed by atoms with Gasteiger partial charge in [-0.05, 0) is 19.1 Å². The van der Waals surface area contributed by atoms with Crippen LogP contribution in [0.25, 0.3) is 11.3 Å². The summed E-state index contributed by atoms with van der Waals surface area (Å²) in [5, 5.41) is 12.5. The molecule has 0 spiro atoms. The maximum absolute atomic E-state index is 12.3. The number of alkyl halides is 3. The minimum atomic E-state index is -4.50. The fourth-order valence-electron chi connectivity index (χ4n) is 3.67. The van der Waals surface area contributed by atoms with Crippen molar-refractivity contribution < 1.29 is 32.0 Å². The summed E-state index contributed by atoms with van der Waals surface area (Å²) in [5.41, 5.74) is 1.79. The fraction of sp³-hybridized carbons (Fsp3) is 0.333. The molecule has 2 aromatic heterocycles. The lowest BCUT2D eigenvalue weighted by molar-refractivity contribution is -0.122. The van der Waals surface area contributed by atoms with E-state index in [0.29, 0.717) is 35.8 Å². The molecule has 1 aromatic carbocycles. The molecule has 2 N–H and O–H groups in total. The highest BCUT2D eigenvalue weighted by Crippen LogP contribution is 2.33. The molecular formula is C21H21F3N6O4. The monoisotopic (exact) mass is 478 g/mol. The van der Waals surface area contributed by atoms with Gasteiger partial charge in [0, 0.05) is 24.2 Å². The molecule has 13 heteroatoms. The predicted octanol–water partition coefficient (Wildman–Crippen LogP) is 3.59. The van der Waals surface area contributed by atoms with Gasteiger partial charge in [0.1, 0.15) is 6.54 Å². The van der Waals surface area contributed by atoms with Gasteiger partial charge >= 0.3 is 18.2 Å². The number of nitrogens with one attached hydrogen (secondary N) is 2. The molecule has 1 aliphatic heterocycles. The second-order valence-corrected chi connectivity index (χ2v) is 7.59. The number of benzene rings is 1. The van der Waals surface area contributed by atoms with Crippen LogP contribution in [0.2, 0.25) is 0 Å². The third-order valence-corrected chi connectivity index (χ3v) is 5.31. The zero-order chi connectivity index (χ0) is 24.5. The number of fused-ring (bicyclic) bond motifs is 1. The molecular weight excluding hydrogens is 457 g/mol. The van der Waals surface area contributed by atoms with E-state index < -0.39 is 24.7 Å². The van der Waals surface area contributed by atoms with Crippen molar-refractivity contribution in [1.29, 1.82) is 0 Å². The molecule has 34 heavy (non-hydrogen) atoms. The molecule has 1 unspecified atom stereocenters. The highest BCUT2D eigenvalue weighted by atomic mass is 19.4. The number of aromatic nitrogens is 3. The summed E-state index contributed by atoms with van der Waals surface area (Å²) in [7, 11) is 1.31. The van der Waals surface area contributed by atoms with Crippen molar-refractivity contribution in [2.75, 3.05) is 30.4 Å². The van der Waals surface area contributed by atoms with Crippen LogP contribution in [-0.4, -0.2) is 53.3 Å². The van der Waals surface area contributed by atoms with Crippen LogP contribution in [0.1, 0.15) is 29.0 Å². The van der Waals surface area contributed by atoms with Gasteiger partial charge in [-0.1, -0.05) is 17.3 Å². The first-order chi connectivity index (χ1) is 16.1. The Morgan fingerprint density at radius 3 is 2.76 bits per heavy atom. The topological polar surface area (TPSA) is 115 Å². The van der Waals surface area contributed by atoms with E-state index in [9.17, 15) is 22.8 Å². The van der Waals surface area contributed by atoms with Gasteiger partial charge in [0.2, 0.25) is 0 Å². The first-order valence-electron chi connectivity index (χ1n) is 10.3. The second-order valence-electron chi connectivity index (χ2n) is 7.59. The van der Waals surface area contributed by atoms with Crippen LogP contribution in [0.3, 0.4) is 0 Å². The number of urea groups is 1. The zero-order valence-corrected chi connectivity index (χ0v) is 18.2. The number of ether oxygens (including phenoxy) is 1. The molecule has 3 heterocycles. The van der Waals surface area contributed by atoms with Gasteiger partial charge in [-0.25, -0.2) is 9.59 Å². The second kappa shape index (κ2) is 9.08. The van der Waals surface area contributed by atoms with Crippen LogP contribution in [-0.2, 0) is 11.3 Å². The Kier molecular flexibility index (Phi) is 6.18. The van der Waals surface area contributed by atoms with Gasteiger partial charge in [-0.15, -0.1) is 0 Å². The molecule has 2 amide bonds. The number of carbonyl (C=O) groups is 2.